The SMILES string of the molecule is CC(C)(C)[O-].CCOC(=O)c1c(O)c2c(-c3ccccc3)ccnc2n(OCc2ccccc2)c1=O.[K+]. The van der Waals surface area contributed by atoms with Crippen LogP contribution in [-0.2, 0) is 11.3 Å². The van der Waals surface area contributed by atoms with Gasteiger partial charge in [-0.2, -0.15) is 0 Å². The van der Waals surface area contributed by atoms with E-state index < -0.39 is 28.4 Å². The van der Waals surface area contributed by atoms with E-state index in [-0.39, 0.29) is 75.6 Å². The molecule has 4 rings (SSSR count). The van der Waals surface area contributed by atoms with Gasteiger partial charge < -0.3 is 19.8 Å². The molecule has 9 heteroatoms. The van der Waals surface area contributed by atoms with Gasteiger partial charge in [0.25, 0.3) is 0 Å². The van der Waals surface area contributed by atoms with Crippen LogP contribution in [0.5, 0.6) is 5.75 Å². The molecule has 0 aliphatic carbocycles. The van der Waals surface area contributed by atoms with Crippen LogP contribution < -0.4 is 66.9 Å². The molecule has 37 heavy (non-hydrogen) atoms. The summed E-state index contributed by atoms with van der Waals surface area (Å²) in [5.74, 6) is -1.41. The van der Waals surface area contributed by atoms with E-state index >= 15 is 0 Å². The molecule has 0 saturated heterocycles. The molecule has 0 spiro atoms. The third kappa shape index (κ3) is 8.23. The van der Waals surface area contributed by atoms with Crippen LogP contribution in [0.3, 0.4) is 0 Å². The minimum Gasteiger partial charge on any atom is -0.850 e. The van der Waals surface area contributed by atoms with E-state index in [0.29, 0.717) is 5.56 Å². The normalized spacial score (nSPS) is 10.6. The molecule has 0 radical (unpaired) electrons. The Morgan fingerprint density at radius 2 is 1.59 bits per heavy atom. The molecular weight excluding hydrogens is 499 g/mol. The summed E-state index contributed by atoms with van der Waals surface area (Å²) in [6.45, 7) is 6.64. The number of hydrogen-bond donors (Lipinski definition) is 1. The molecule has 188 valence electrons. The average Bonchev–Trinajstić information content (AvgIpc) is 2.84. The largest absolute Gasteiger partial charge is 1.00 e. The van der Waals surface area contributed by atoms with Crippen molar-refractivity contribution < 1.29 is 76.0 Å². The number of carbonyl (C=O) groups excluding carboxylic acids is 1. The molecule has 0 saturated carbocycles. The number of aromatic hydroxyl groups is 1. The van der Waals surface area contributed by atoms with Crippen LogP contribution in [0.1, 0.15) is 43.6 Å². The molecule has 0 aliphatic rings. The van der Waals surface area contributed by atoms with Gasteiger partial charge in [-0.1, -0.05) is 81.4 Å². The number of carbonyl (C=O) groups is 1. The van der Waals surface area contributed by atoms with Crippen LogP contribution in [-0.4, -0.2) is 33.0 Å². The van der Waals surface area contributed by atoms with Gasteiger partial charge >= 0.3 is 62.9 Å². The number of aromatic nitrogens is 2. The summed E-state index contributed by atoms with van der Waals surface area (Å²) >= 11 is 0. The van der Waals surface area contributed by atoms with E-state index in [1.807, 2.05) is 60.7 Å². The van der Waals surface area contributed by atoms with Gasteiger partial charge in [-0.15, -0.1) is 10.3 Å². The maximum Gasteiger partial charge on any atom is 1.00 e. The van der Waals surface area contributed by atoms with E-state index in [1.165, 1.54) is 6.20 Å². The zero-order valence-corrected chi connectivity index (χ0v) is 24.8. The van der Waals surface area contributed by atoms with Crippen molar-refractivity contribution in [3.63, 3.8) is 0 Å². The van der Waals surface area contributed by atoms with Gasteiger partial charge in [0, 0.05) is 6.20 Å². The molecule has 2 heterocycles. The number of ether oxygens (including phenoxy) is 1. The van der Waals surface area contributed by atoms with Gasteiger partial charge in [0.2, 0.25) is 0 Å². The van der Waals surface area contributed by atoms with Gasteiger partial charge in [-0.25, -0.2) is 9.78 Å². The molecule has 0 bridgehead atoms. The quantitative estimate of drug-likeness (QED) is 0.290. The Labute approximate surface area is 258 Å². The summed E-state index contributed by atoms with van der Waals surface area (Å²) in [5, 5.41) is 21.3. The topological polar surface area (TPSA) is 114 Å². The third-order valence-electron chi connectivity index (χ3n) is 4.76. The first-order chi connectivity index (χ1) is 17.1. The van der Waals surface area contributed by atoms with Crippen molar-refractivity contribution in [1.29, 1.82) is 0 Å². The maximum atomic E-state index is 13.1. The Bertz CT molecular complexity index is 1380. The predicted octanol–water partition coefficient (Wildman–Crippen LogP) is 0.724. The molecule has 0 atom stereocenters. The van der Waals surface area contributed by atoms with Gasteiger partial charge in [0.1, 0.15) is 12.4 Å². The number of esters is 1. The Morgan fingerprint density at radius 3 is 2.16 bits per heavy atom. The number of nitrogens with zero attached hydrogens (tertiary/aromatic N) is 2. The second-order valence-electron chi connectivity index (χ2n) is 8.84. The maximum absolute atomic E-state index is 13.1. The Morgan fingerprint density at radius 1 is 1.03 bits per heavy atom. The number of pyridine rings is 2. The molecule has 1 N–H and O–H groups in total. The monoisotopic (exact) mass is 528 g/mol. The van der Waals surface area contributed by atoms with E-state index in [2.05, 4.69) is 4.98 Å². The van der Waals surface area contributed by atoms with Crippen molar-refractivity contribution in [3.05, 3.63) is 94.4 Å². The number of hydrogen-bond acceptors (Lipinski definition) is 7. The fraction of sp³-hybridized carbons (Fsp3) is 0.250. The Balaban J connectivity index is 0.000000734. The molecule has 8 nitrogen and oxygen atoms in total. The van der Waals surface area contributed by atoms with Gasteiger partial charge in [-0.3, -0.25) is 4.79 Å². The van der Waals surface area contributed by atoms with Crippen LogP contribution in [0.25, 0.3) is 22.2 Å². The zero-order chi connectivity index (χ0) is 26.3. The van der Waals surface area contributed by atoms with Gasteiger partial charge in [0.05, 0.1) is 12.0 Å². The summed E-state index contributed by atoms with van der Waals surface area (Å²) in [6, 6.07) is 20.3. The second-order valence-corrected chi connectivity index (χ2v) is 8.84. The van der Waals surface area contributed by atoms with Crippen molar-refractivity contribution in [3.8, 4) is 16.9 Å². The van der Waals surface area contributed by atoms with Gasteiger partial charge in [0.15, 0.2) is 11.2 Å². The molecule has 2 aromatic heterocycles. The average molecular weight is 529 g/mol. The molecule has 0 aliphatic heterocycles. The first-order valence-corrected chi connectivity index (χ1v) is 11.5. The van der Waals surface area contributed by atoms with Crippen molar-refractivity contribution in [2.75, 3.05) is 6.61 Å². The van der Waals surface area contributed by atoms with Crippen LogP contribution in [0.4, 0.5) is 0 Å². The minimum atomic E-state index is -0.924. The standard InChI is InChI=1S/C24H20N2O5.C4H9O.K/c1-2-30-24(29)20-21(27)19-18(17-11-7-4-8-12-17)13-14-25-22(19)26(23(20)28)31-15-16-9-5-3-6-10-16;1-4(2,3)5;/h3-14,27H,2,15H2,1H3;1-3H3;/q;-1;+1. The summed E-state index contributed by atoms with van der Waals surface area (Å²) in [4.78, 5) is 35.7. The van der Waals surface area contributed by atoms with Crippen LogP contribution >= 0.6 is 0 Å². The number of fused-ring (bicyclic) bond motifs is 1. The predicted molar refractivity (Wildman–Crippen MR) is 136 cm³/mol. The minimum absolute atomic E-state index is 0. The molecule has 0 amide bonds. The smallest absolute Gasteiger partial charge is 0.850 e. The molecule has 2 aromatic carbocycles. The van der Waals surface area contributed by atoms with E-state index in [9.17, 15) is 19.8 Å². The summed E-state index contributed by atoms with van der Waals surface area (Å²) in [6.07, 6.45) is 1.52. The van der Waals surface area contributed by atoms with Crippen molar-refractivity contribution in [2.24, 2.45) is 0 Å². The summed E-state index contributed by atoms with van der Waals surface area (Å²) in [5.41, 5.74) is 0.240. The molecule has 0 unspecified atom stereocenters. The Hall–Kier alpha value is -2.53. The van der Waals surface area contributed by atoms with E-state index in [1.54, 1.807) is 33.8 Å². The fourth-order valence-electron chi connectivity index (χ4n) is 3.34. The Kier molecular flexibility index (Phi) is 11.5. The van der Waals surface area contributed by atoms with E-state index in [0.717, 1.165) is 15.9 Å². The number of benzene rings is 2. The molecule has 0 fully saturated rings. The van der Waals surface area contributed by atoms with Gasteiger partial charge in [-0.05, 0) is 29.7 Å². The molecule has 4 aromatic rings. The van der Waals surface area contributed by atoms with Crippen molar-refractivity contribution in [1.82, 2.24) is 9.71 Å². The van der Waals surface area contributed by atoms with Crippen molar-refractivity contribution >= 4 is 17.0 Å². The zero-order valence-electron chi connectivity index (χ0n) is 21.7. The second kappa shape index (κ2) is 13.9. The number of rotatable bonds is 6. The van der Waals surface area contributed by atoms with Crippen LogP contribution in [0.15, 0.2) is 77.7 Å². The molecular formula is C28H29KN2O6. The van der Waals surface area contributed by atoms with Crippen LogP contribution in [0, 0.1) is 0 Å². The summed E-state index contributed by atoms with van der Waals surface area (Å²) in [7, 11) is 0. The third-order valence-corrected chi connectivity index (χ3v) is 4.76. The first-order valence-electron chi connectivity index (χ1n) is 11.5. The van der Waals surface area contributed by atoms with E-state index in [4.69, 9.17) is 9.57 Å². The fourth-order valence-corrected chi connectivity index (χ4v) is 3.34. The summed E-state index contributed by atoms with van der Waals surface area (Å²) < 4.78 is 5.96. The van der Waals surface area contributed by atoms with Crippen molar-refractivity contribution in [2.45, 2.75) is 39.9 Å². The van der Waals surface area contributed by atoms with Crippen LogP contribution in [0.2, 0.25) is 0 Å². The first kappa shape index (κ1) is 30.7.